The minimum atomic E-state index is -4.63. The Kier molecular flexibility index (Phi) is 5.43. The van der Waals surface area contributed by atoms with Crippen LogP contribution in [0.1, 0.15) is 5.56 Å². The number of pyridine rings is 1. The van der Waals surface area contributed by atoms with Gasteiger partial charge in [0.25, 0.3) is 0 Å². The lowest BCUT2D eigenvalue weighted by Gasteiger charge is -2.13. The number of urea groups is 1. The molecule has 4 aromatic rings. The maximum atomic E-state index is 13.0. The molecule has 0 saturated carbocycles. The summed E-state index contributed by atoms with van der Waals surface area (Å²) in [5.41, 5.74) is 0.0666. The fourth-order valence-electron chi connectivity index (χ4n) is 2.95. The summed E-state index contributed by atoms with van der Waals surface area (Å²) in [7, 11) is 0. The molecule has 2 heterocycles. The lowest BCUT2D eigenvalue weighted by atomic mass is 10.2. The van der Waals surface area contributed by atoms with Gasteiger partial charge in [0.05, 0.1) is 21.8 Å². The topological polar surface area (TPSA) is 68.2 Å². The van der Waals surface area contributed by atoms with Gasteiger partial charge in [0.1, 0.15) is 0 Å². The summed E-state index contributed by atoms with van der Waals surface area (Å²) in [6, 6.07) is 12.8. The van der Waals surface area contributed by atoms with Crippen LogP contribution in [0.3, 0.4) is 0 Å². The molecule has 0 saturated heterocycles. The molecule has 0 bridgehead atoms. The molecule has 2 aromatic carbocycles. The highest BCUT2D eigenvalue weighted by Gasteiger charge is 2.33. The van der Waals surface area contributed by atoms with Crippen LogP contribution in [-0.4, -0.2) is 15.7 Å². The first-order chi connectivity index (χ1) is 14.8. The summed E-state index contributed by atoms with van der Waals surface area (Å²) >= 11 is 5.61. The van der Waals surface area contributed by atoms with Gasteiger partial charge in [-0.1, -0.05) is 17.7 Å². The Morgan fingerprint density at radius 3 is 2.55 bits per heavy atom. The predicted molar refractivity (Wildman–Crippen MR) is 111 cm³/mol. The van der Waals surface area contributed by atoms with E-state index in [0.29, 0.717) is 22.3 Å². The van der Waals surface area contributed by atoms with Crippen molar-refractivity contribution in [1.82, 2.24) is 9.71 Å². The van der Waals surface area contributed by atoms with Crippen molar-refractivity contribution >= 4 is 39.9 Å². The molecule has 4 rings (SSSR count). The molecule has 10 heteroatoms. The van der Waals surface area contributed by atoms with Gasteiger partial charge in [0, 0.05) is 41.8 Å². The smallest absolute Gasteiger partial charge is 0.375 e. The summed E-state index contributed by atoms with van der Waals surface area (Å²) in [5.74, 6) is 0.576. The molecule has 0 spiro atoms. The van der Waals surface area contributed by atoms with Crippen molar-refractivity contribution in [2.24, 2.45) is 0 Å². The first-order valence-electron chi connectivity index (χ1n) is 8.94. The molecule has 6 nitrogen and oxygen atoms in total. The van der Waals surface area contributed by atoms with E-state index in [2.05, 4.69) is 15.6 Å². The summed E-state index contributed by atoms with van der Waals surface area (Å²) < 4.78 is 40.6. The fraction of sp³-hybridized carbons (Fsp3) is 0.0476. The molecule has 0 fully saturated rings. The fourth-order valence-corrected chi connectivity index (χ4v) is 3.17. The van der Waals surface area contributed by atoms with Crippen molar-refractivity contribution in [2.75, 3.05) is 10.6 Å². The quantitative estimate of drug-likeness (QED) is 0.392. The highest BCUT2D eigenvalue weighted by Crippen LogP contribution is 2.36. The van der Waals surface area contributed by atoms with Crippen molar-refractivity contribution in [3.8, 4) is 5.75 Å². The van der Waals surface area contributed by atoms with Gasteiger partial charge in [-0.15, -0.1) is 0 Å². The number of carbonyl (C=O) groups excluding carboxylic acids is 1. The van der Waals surface area contributed by atoms with Gasteiger partial charge in [-0.2, -0.15) is 17.9 Å². The number of aromatic nitrogens is 2. The average molecular weight is 447 g/mol. The second kappa shape index (κ2) is 8.19. The van der Waals surface area contributed by atoms with Crippen molar-refractivity contribution < 1.29 is 22.8 Å². The molecule has 0 unspecified atom stereocenters. The summed E-state index contributed by atoms with van der Waals surface area (Å²) in [5, 5.41) is 5.26. The standard InChI is InChI=1S/C21H14ClF3N4O2/c22-17-5-4-13(12-16(17)21(23,24)25)27-20(30)28-18-2-1-3-19-15(18)8-11-29(19)31-14-6-9-26-10-7-14/h1-12H,(H2,27,28,30). The number of nitrogens with zero attached hydrogens (tertiary/aromatic N) is 2. The normalized spacial score (nSPS) is 11.4. The second-order valence-corrected chi connectivity index (χ2v) is 6.83. The number of hydrogen-bond acceptors (Lipinski definition) is 3. The highest BCUT2D eigenvalue weighted by atomic mass is 35.5. The molecule has 0 aliphatic carbocycles. The number of hydrogen-bond donors (Lipinski definition) is 2. The lowest BCUT2D eigenvalue weighted by Crippen LogP contribution is -2.20. The van der Waals surface area contributed by atoms with Crippen LogP contribution in [0.15, 0.2) is 73.2 Å². The summed E-state index contributed by atoms with van der Waals surface area (Å²) in [4.78, 5) is 22.1. The van der Waals surface area contributed by atoms with Gasteiger partial charge in [-0.05, 0) is 36.4 Å². The molecular weight excluding hydrogens is 433 g/mol. The predicted octanol–water partition coefficient (Wildman–Crippen LogP) is 6.19. The van der Waals surface area contributed by atoms with E-state index in [9.17, 15) is 18.0 Å². The van der Waals surface area contributed by atoms with Gasteiger partial charge in [-0.3, -0.25) is 4.98 Å². The molecule has 2 N–H and O–H groups in total. The molecule has 0 aliphatic rings. The number of rotatable bonds is 4. The van der Waals surface area contributed by atoms with Gasteiger partial charge in [0.2, 0.25) is 0 Å². The summed E-state index contributed by atoms with van der Waals surface area (Å²) in [6.07, 6.45) is 0.246. The Morgan fingerprint density at radius 1 is 1.03 bits per heavy atom. The van der Waals surface area contributed by atoms with E-state index in [-0.39, 0.29) is 5.69 Å². The molecule has 2 aromatic heterocycles. The zero-order valence-corrected chi connectivity index (χ0v) is 16.4. The van der Waals surface area contributed by atoms with Crippen LogP contribution in [0, 0.1) is 0 Å². The number of anilines is 2. The number of alkyl halides is 3. The van der Waals surface area contributed by atoms with E-state index < -0.39 is 22.8 Å². The minimum absolute atomic E-state index is 0.0417. The van der Waals surface area contributed by atoms with E-state index >= 15 is 0 Å². The number of halogens is 4. The molecule has 0 radical (unpaired) electrons. The van der Waals surface area contributed by atoms with Crippen molar-refractivity contribution in [3.05, 3.63) is 83.8 Å². The van der Waals surface area contributed by atoms with Crippen LogP contribution >= 0.6 is 11.6 Å². The molecule has 31 heavy (non-hydrogen) atoms. The Morgan fingerprint density at radius 2 is 1.81 bits per heavy atom. The van der Waals surface area contributed by atoms with Crippen molar-refractivity contribution in [1.29, 1.82) is 0 Å². The monoisotopic (exact) mass is 446 g/mol. The van der Waals surface area contributed by atoms with Crippen LogP contribution in [0.4, 0.5) is 29.3 Å². The third kappa shape index (κ3) is 4.56. The van der Waals surface area contributed by atoms with E-state index in [1.54, 1.807) is 55.0 Å². The van der Waals surface area contributed by atoms with E-state index in [1.165, 1.54) is 10.8 Å². The largest absolute Gasteiger partial charge is 0.417 e. The number of nitrogens with one attached hydrogen (secondary N) is 2. The molecule has 0 aliphatic heterocycles. The number of fused-ring (bicyclic) bond motifs is 1. The zero-order chi connectivity index (χ0) is 22.0. The van der Waals surface area contributed by atoms with Crippen LogP contribution in [0.5, 0.6) is 5.75 Å². The van der Waals surface area contributed by atoms with Crippen molar-refractivity contribution in [2.45, 2.75) is 6.18 Å². The van der Waals surface area contributed by atoms with E-state index in [0.717, 1.165) is 12.1 Å². The second-order valence-electron chi connectivity index (χ2n) is 6.43. The Hall–Kier alpha value is -3.72. The van der Waals surface area contributed by atoms with Crippen LogP contribution in [0.25, 0.3) is 10.9 Å². The zero-order valence-electron chi connectivity index (χ0n) is 15.7. The third-order valence-electron chi connectivity index (χ3n) is 4.33. The number of carbonyl (C=O) groups is 1. The van der Waals surface area contributed by atoms with Gasteiger partial charge in [-0.25, -0.2) is 4.79 Å². The lowest BCUT2D eigenvalue weighted by molar-refractivity contribution is -0.137. The number of amides is 2. The van der Waals surface area contributed by atoms with Crippen LogP contribution in [-0.2, 0) is 6.18 Å². The number of benzene rings is 2. The maximum Gasteiger partial charge on any atom is 0.417 e. The van der Waals surface area contributed by atoms with E-state index in [1.807, 2.05) is 0 Å². The summed E-state index contributed by atoms with van der Waals surface area (Å²) in [6.45, 7) is 0. The van der Waals surface area contributed by atoms with Gasteiger partial charge in [0.15, 0.2) is 5.75 Å². The Balaban J connectivity index is 1.53. The first-order valence-corrected chi connectivity index (χ1v) is 9.32. The van der Waals surface area contributed by atoms with E-state index in [4.69, 9.17) is 16.4 Å². The van der Waals surface area contributed by atoms with Crippen LogP contribution in [0.2, 0.25) is 5.02 Å². The first kappa shape index (κ1) is 20.5. The third-order valence-corrected chi connectivity index (χ3v) is 4.66. The maximum absolute atomic E-state index is 13.0. The molecule has 158 valence electrons. The Bertz CT molecular complexity index is 1240. The molecule has 2 amide bonds. The van der Waals surface area contributed by atoms with Gasteiger partial charge >= 0.3 is 12.2 Å². The highest BCUT2D eigenvalue weighted by molar-refractivity contribution is 6.31. The average Bonchev–Trinajstić information content (AvgIpc) is 3.13. The molecule has 0 atom stereocenters. The molecular formula is C21H14ClF3N4O2. The van der Waals surface area contributed by atoms with Crippen molar-refractivity contribution in [3.63, 3.8) is 0 Å². The van der Waals surface area contributed by atoms with Crippen LogP contribution < -0.4 is 15.5 Å². The SMILES string of the molecule is O=C(Nc1ccc(Cl)c(C(F)(F)F)c1)Nc1cccc2c1ccn2Oc1ccncc1. The minimum Gasteiger partial charge on any atom is -0.375 e. The Labute approximate surface area is 179 Å². The van der Waals surface area contributed by atoms with Gasteiger partial charge < -0.3 is 15.5 Å².